The van der Waals surface area contributed by atoms with Gasteiger partial charge in [-0.1, -0.05) is 0 Å². The highest BCUT2D eigenvalue weighted by atomic mass is 19.4. The first-order valence-electron chi connectivity index (χ1n) is 8.57. The van der Waals surface area contributed by atoms with Gasteiger partial charge in [0.25, 0.3) is 5.91 Å². The van der Waals surface area contributed by atoms with E-state index in [9.17, 15) is 18.0 Å². The number of nitrogens with one attached hydrogen (secondary N) is 2. The van der Waals surface area contributed by atoms with Crippen LogP contribution in [0.4, 0.5) is 13.2 Å². The molecule has 2 fully saturated rings. The van der Waals surface area contributed by atoms with Gasteiger partial charge in [-0.05, 0) is 44.9 Å². The number of hydrogen-bond donors (Lipinski definition) is 2. The van der Waals surface area contributed by atoms with Crippen LogP contribution in [0.2, 0.25) is 0 Å². The predicted molar refractivity (Wildman–Crippen MR) is 87.8 cm³/mol. The average molecular weight is 368 g/mol. The zero-order valence-corrected chi connectivity index (χ0v) is 14.1. The minimum absolute atomic E-state index is 0.0933. The van der Waals surface area contributed by atoms with Crippen molar-refractivity contribution < 1.29 is 22.7 Å². The van der Waals surface area contributed by atoms with Gasteiger partial charge in [0.2, 0.25) is 0 Å². The number of alkyl halides is 3. The molecule has 0 spiro atoms. The summed E-state index contributed by atoms with van der Waals surface area (Å²) in [5.41, 5.74) is 0.505. The first kappa shape index (κ1) is 17.1. The number of benzene rings is 1. The van der Waals surface area contributed by atoms with Gasteiger partial charge in [0, 0.05) is 29.6 Å². The topological polar surface area (TPSA) is 70.2 Å². The quantitative estimate of drug-likeness (QED) is 0.874. The number of halogens is 3. The molecule has 0 aliphatic carbocycles. The zero-order chi connectivity index (χ0) is 18.5. The molecule has 2 N–H and O–H groups in total. The van der Waals surface area contributed by atoms with Gasteiger partial charge in [0.05, 0.1) is 5.52 Å². The van der Waals surface area contributed by atoms with Gasteiger partial charge in [0.15, 0.2) is 5.69 Å². The van der Waals surface area contributed by atoms with Gasteiger partial charge < -0.3 is 15.0 Å². The van der Waals surface area contributed by atoms with Crippen LogP contribution < -0.4 is 10.1 Å². The molecule has 1 aromatic carbocycles. The maximum Gasteiger partial charge on any atom is 0.573 e. The standard InChI is InChI=1S/C17H19F3N4O2/c1-24-10-2-3-11(24)7-9(6-10)21-16(25)15-13-5-4-12(26-17(18,19)20)8-14(13)22-23-15/h4-5,8-11H,2-3,6-7H2,1H3,(H,21,25)(H,22,23)/t9-,10-,11+. The van der Waals surface area contributed by atoms with Crippen molar-refractivity contribution in [2.75, 3.05) is 7.05 Å². The van der Waals surface area contributed by atoms with Crippen molar-refractivity contribution >= 4 is 16.8 Å². The summed E-state index contributed by atoms with van der Waals surface area (Å²) in [6.07, 6.45) is -0.640. The summed E-state index contributed by atoms with van der Waals surface area (Å²) < 4.78 is 40.8. The number of nitrogens with zero attached hydrogens (tertiary/aromatic N) is 2. The molecule has 2 aliphatic rings. The van der Waals surface area contributed by atoms with Crippen LogP contribution in [0.15, 0.2) is 18.2 Å². The third-order valence-corrected chi connectivity index (χ3v) is 5.42. The Hall–Kier alpha value is -2.29. The summed E-state index contributed by atoms with van der Waals surface area (Å²) in [7, 11) is 2.13. The monoisotopic (exact) mass is 368 g/mol. The Morgan fingerprint density at radius 3 is 2.65 bits per heavy atom. The summed E-state index contributed by atoms with van der Waals surface area (Å²) in [5.74, 6) is -0.665. The fourth-order valence-corrected chi connectivity index (χ4v) is 4.15. The molecule has 0 saturated carbocycles. The molecule has 26 heavy (non-hydrogen) atoms. The molecule has 1 amide bonds. The highest BCUT2D eigenvalue weighted by molar-refractivity contribution is 6.05. The SMILES string of the molecule is CN1[C@@H]2CC[C@H]1C[C@H](NC(=O)c1n[nH]c3cc(OC(F)(F)F)ccc13)C2. The fraction of sp³-hybridized carbons (Fsp3) is 0.529. The number of hydrogen-bond acceptors (Lipinski definition) is 4. The third-order valence-electron chi connectivity index (χ3n) is 5.42. The number of amides is 1. The van der Waals surface area contributed by atoms with Crippen LogP contribution in [-0.2, 0) is 0 Å². The number of ether oxygens (including phenoxy) is 1. The fourth-order valence-electron chi connectivity index (χ4n) is 4.15. The van der Waals surface area contributed by atoms with Crippen LogP contribution >= 0.6 is 0 Å². The lowest BCUT2D eigenvalue weighted by Gasteiger charge is -2.36. The molecular weight excluding hydrogens is 349 g/mol. The van der Waals surface area contributed by atoms with Crippen LogP contribution in [0, 0.1) is 0 Å². The number of carbonyl (C=O) groups is 1. The molecule has 3 atom stereocenters. The normalized spacial score (nSPS) is 26.2. The van der Waals surface area contributed by atoms with Gasteiger partial charge >= 0.3 is 6.36 Å². The van der Waals surface area contributed by atoms with Crippen LogP contribution in [0.3, 0.4) is 0 Å². The van der Waals surface area contributed by atoms with E-state index in [1.165, 1.54) is 18.2 Å². The van der Waals surface area contributed by atoms with E-state index >= 15 is 0 Å². The van der Waals surface area contributed by atoms with E-state index < -0.39 is 6.36 Å². The number of H-pyrrole nitrogens is 1. The van der Waals surface area contributed by atoms with E-state index in [0.29, 0.717) is 23.0 Å². The first-order chi connectivity index (χ1) is 12.3. The molecule has 0 unspecified atom stereocenters. The van der Waals surface area contributed by atoms with Crippen LogP contribution in [-0.4, -0.2) is 52.5 Å². The Bertz CT molecular complexity index is 821. The Morgan fingerprint density at radius 1 is 1.31 bits per heavy atom. The molecule has 4 rings (SSSR count). The lowest BCUT2D eigenvalue weighted by molar-refractivity contribution is -0.274. The molecule has 2 aliphatic heterocycles. The van der Waals surface area contributed by atoms with Crippen molar-refractivity contribution in [3.05, 3.63) is 23.9 Å². The van der Waals surface area contributed by atoms with Gasteiger partial charge in [-0.25, -0.2) is 0 Å². The number of aromatic nitrogens is 2. The molecule has 9 heteroatoms. The van der Waals surface area contributed by atoms with Crippen LogP contribution in [0.5, 0.6) is 5.75 Å². The third kappa shape index (κ3) is 3.23. The smallest absolute Gasteiger partial charge is 0.406 e. The zero-order valence-electron chi connectivity index (χ0n) is 14.1. The van der Waals surface area contributed by atoms with Crippen LogP contribution in [0.25, 0.3) is 10.9 Å². The molecule has 1 aromatic heterocycles. The highest BCUT2D eigenvalue weighted by Crippen LogP contribution is 2.34. The van der Waals surface area contributed by atoms with Crippen molar-refractivity contribution in [3.63, 3.8) is 0 Å². The maximum absolute atomic E-state index is 12.6. The second-order valence-corrected chi connectivity index (χ2v) is 7.02. The Morgan fingerprint density at radius 2 is 2.00 bits per heavy atom. The second kappa shape index (κ2) is 6.15. The van der Waals surface area contributed by atoms with Crippen molar-refractivity contribution in [1.82, 2.24) is 20.4 Å². The molecule has 3 heterocycles. The summed E-state index contributed by atoms with van der Waals surface area (Å²) in [6.45, 7) is 0. The molecule has 140 valence electrons. The minimum Gasteiger partial charge on any atom is -0.406 e. The van der Waals surface area contributed by atoms with E-state index in [4.69, 9.17) is 0 Å². The second-order valence-electron chi connectivity index (χ2n) is 7.02. The number of piperidine rings is 1. The molecule has 6 nitrogen and oxygen atoms in total. The molecule has 2 aromatic rings. The molecule has 0 radical (unpaired) electrons. The maximum atomic E-state index is 12.6. The van der Waals surface area contributed by atoms with E-state index in [-0.39, 0.29) is 23.4 Å². The minimum atomic E-state index is -4.76. The van der Waals surface area contributed by atoms with Gasteiger partial charge in [-0.3, -0.25) is 9.89 Å². The van der Waals surface area contributed by atoms with Crippen molar-refractivity contribution in [2.45, 2.75) is 50.2 Å². The Labute approximate surface area is 147 Å². The van der Waals surface area contributed by atoms with E-state index in [1.54, 1.807) is 0 Å². The van der Waals surface area contributed by atoms with Gasteiger partial charge in [0.1, 0.15) is 5.75 Å². The largest absolute Gasteiger partial charge is 0.573 e. The highest BCUT2D eigenvalue weighted by Gasteiger charge is 2.39. The summed E-state index contributed by atoms with van der Waals surface area (Å²) in [5, 5.41) is 10.1. The van der Waals surface area contributed by atoms with E-state index in [0.717, 1.165) is 25.7 Å². The van der Waals surface area contributed by atoms with E-state index in [2.05, 4.69) is 32.2 Å². The lowest BCUT2D eigenvalue weighted by Crippen LogP contribution is -2.48. The van der Waals surface area contributed by atoms with Gasteiger partial charge in [-0.2, -0.15) is 5.10 Å². The van der Waals surface area contributed by atoms with Crippen molar-refractivity contribution in [2.24, 2.45) is 0 Å². The summed E-state index contributed by atoms with van der Waals surface area (Å²) >= 11 is 0. The molecule has 2 bridgehead atoms. The predicted octanol–water partition coefficient (Wildman–Crippen LogP) is 2.82. The lowest BCUT2D eigenvalue weighted by atomic mass is 9.98. The number of aromatic amines is 1. The van der Waals surface area contributed by atoms with E-state index in [1.807, 2.05) is 0 Å². The van der Waals surface area contributed by atoms with Gasteiger partial charge in [-0.15, -0.1) is 13.2 Å². The average Bonchev–Trinajstić information content (AvgIpc) is 3.03. The number of fused-ring (bicyclic) bond motifs is 3. The Balaban J connectivity index is 1.49. The first-order valence-corrected chi connectivity index (χ1v) is 8.57. The summed E-state index contributed by atoms with van der Waals surface area (Å²) in [4.78, 5) is 15.0. The Kier molecular flexibility index (Phi) is 4.06. The molecular formula is C17H19F3N4O2. The number of carbonyl (C=O) groups excluding carboxylic acids is 1. The molecule has 2 saturated heterocycles. The van der Waals surface area contributed by atoms with Crippen LogP contribution in [0.1, 0.15) is 36.2 Å². The number of rotatable bonds is 3. The van der Waals surface area contributed by atoms with Crippen molar-refractivity contribution in [1.29, 1.82) is 0 Å². The summed E-state index contributed by atoms with van der Waals surface area (Å²) in [6, 6.07) is 4.86. The van der Waals surface area contributed by atoms with Crippen molar-refractivity contribution in [3.8, 4) is 5.75 Å².